The van der Waals surface area contributed by atoms with E-state index in [-0.39, 0.29) is 6.10 Å². The van der Waals surface area contributed by atoms with E-state index in [1.54, 1.807) is 6.33 Å². The second-order valence-corrected chi connectivity index (χ2v) is 12.0. The smallest absolute Gasteiger partial charge is 0.166 e. The predicted octanol–water partition coefficient (Wildman–Crippen LogP) is 7.16. The van der Waals surface area contributed by atoms with Gasteiger partial charge in [0.1, 0.15) is 30.2 Å². The molecule has 1 unspecified atom stereocenters. The summed E-state index contributed by atoms with van der Waals surface area (Å²) in [6.45, 7) is 1.69. The molecule has 1 aliphatic heterocycles. The summed E-state index contributed by atoms with van der Waals surface area (Å²) in [5, 5.41) is 0. The number of ether oxygens (including phenoxy) is 4. The van der Waals surface area contributed by atoms with Crippen LogP contribution in [0.15, 0.2) is 104 Å². The largest absolute Gasteiger partial charge is 0.374 e. The fourth-order valence-corrected chi connectivity index (χ4v) is 6.58. The molecule has 0 spiro atoms. The summed E-state index contributed by atoms with van der Waals surface area (Å²) in [5.41, 5.74) is 5.93. The Hall–Kier alpha value is -3.95. The van der Waals surface area contributed by atoms with Gasteiger partial charge in [0.05, 0.1) is 38.4 Å². The molecule has 0 bridgehead atoms. The maximum absolute atomic E-state index is 6.83. The second-order valence-electron chi connectivity index (χ2n) is 12.0. The Labute approximate surface area is 264 Å². The third-order valence-corrected chi connectivity index (χ3v) is 8.90. The van der Waals surface area contributed by atoms with Gasteiger partial charge in [0.25, 0.3) is 0 Å². The van der Waals surface area contributed by atoms with Crippen LogP contribution in [0.4, 0.5) is 0 Å². The minimum Gasteiger partial charge on any atom is -0.374 e. The maximum atomic E-state index is 6.83. The number of aromatic nitrogens is 4. The predicted molar refractivity (Wildman–Crippen MR) is 171 cm³/mol. The average molecular weight is 605 g/mol. The fourth-order valence-electron chi connectivity index (χ4n) is 6.58. The third-order valence-electron chi connectivity index (χ3n) is 8.90. The van der Waals surface area contributed by atoms with Crippen molar-refractivity contribution in [3.8, 4) is 0 Å². The molecule has 1 aliphatic carbocycles. The Bertz CT molecular complexity index is 1630. The molecule has 8 nitrogen and oxygen atoms in total. The van der Waals surface area contributed by atoms with Crippen LogP contribution in [0.25, 0.3) is 11.2 Å². The molecule has 4 atom stereocenters. The molecule has 45 heavy (non-hydrogen) atoms. The summed E-state index contributed by atoms with van der Waals surface area (Å²) >= 11 is 0. The Kier molecular flexibility index (Phi) is 9.54. The first-order chi connectivity index (χ1) is 22.3. The molecule has 3 aromatic carbocycles. The summed E-state index contributed by atoms with van der Waals surface area (Å²) < 4.78 is 28.5. The zero-order valence-corrected chi connectivity index (χ0v) is 25.5. The summed E-state index contributed by atoms with van der Waals surface area (Å²) in [4.78, 5) is 14.3. The van der Waals surface area contributed by atoms with E-state index >= 15 is 0 Å². The van der Waals surface area contributed by atoms with Crippen LogP contribution in [0, 0.1) is 0 Å². The van der Waals surface area contributed by atoms with Gasteiger partial charge in [0.2, 0.25) is 0 Å². The lowest BCUT2D eigenvalue weighted by Gasteiger charge is -2.25. The van der Waals surface area contributed by atoms with Crippen LogP contribution in [-0.2, 0) is 38.8 Å². The number of hydrogen-bond donors (Lipinski definition) is 0. The van der Waals surface area contributed by atoms with Crippen molar-refractivity contribution in [1.82, 2.24) is 19.5 Å². The highest BCUT2D eigenvalue weighted by atomic mass is 16.6. The standard InChI is InChI=1S/C37H40N4O4/c1-5-13-27(14-6-1)21-42-24-31-34(43-22-28-15-7-2-8-16-28)35(44-23-29-17-9-3-10-18-29)37(45-31)41-26-40-33-32(38-25-39-36(33)41)30-19-11-4-12-20-30/h1-3,5-10,13-18,25-26,30-31,34-35,37H,4,11-12,19-24H2/t31-,34-,35-,37?/m0/s1. The Morgan fingerprint density at radius 3 is 1.91 bits per heavy atom. The number of hydrogen-bond acceptors (Lipinski definition) is 7. The Morgan fingerprint density at radius 1 is 0.667 bits per heavy atom. The first-order valence-electron chi connectivity index (χ1n) is 16.1. The molecule has 2 aliphatic rings. The second kappa shape index (κ2) is 14.4. The first kappa shape index (κ1) is 29.7. The highest BCUT2D eigenvalue weighted by molar-refractivity contribution is 5.74. The molecule has 1 saturated heterocycles. The van der Waals surface area contributed by atoms with Crippen LogP contribution in [0.3, 0.4) is 0 Å². The molecule has 3 heterocycles. The van der Waals surface area contributed by atoms with Gasteiger partial charge in [-0.05, 0) is 29.5 Å². The summed E-state index contributed by atoms with van der Waals surface area (Å²) in [6, 6.07) is 30.6. The molecule has 1 saturated carbocycles. The van der Waals surface area contributed by atoms with E-state index in [1.807, 2.05) is 65.5 Å². The van der Waals surface area contributed by atoms with Crippen molar-refractivity contribution in [2.75, 3.05) is 6.61 Å². The van der Waals surface area contributed by atoms with E-state index in [2.05, 4.69) is 36.4 Å². The average Bonchev–Trinajstić information content (AvgIpc) is 3.69. The van der Waals surface area contributed by atoms with Gasteiger partial charge in [0, 0.05) is 5.92 Å². The van der Waals surface area contributed by atoms with Gasteiger partial charge in [-0.25, -0.2) is 15.0 Å². The molecule has 7 rings (SSSR count). The van der Waals surface area contributed by atoms with E-state index in [0.717, 1.165) is 46.4 Å². The van der Waals surface area contributed by atoms with Crippen molar-refractivity contribution in [2.45, 2.75) is 82.4 Å². The van der Waals surface area contributed by atoms with E-state index in [0.29, 0.717) is 32.3 Å². The first-order valence-corrected chi connectivity index (χ1v) is 16.1. The van der Waals surface area contributed by atoms with Crippen molar-refractivity contribution in [3.05, 3.63) is 126 Å². The van der Waals surface area contributed by atoms with E-state index in [9.17, 15) is 0 Å². The zero-order valence-electron chi connectivity index (χ0n) is 25.5. The lowest BCUT2D eigenvalue weighted by Crippen LogP contribution is -2.38. The molecular weight excluding hydrogens is 564 g/mol. The molecule has 5 aromatic rings. The lowest BCUT2D eigenvalue weighted by atomic mass is 9.86. The van der Waals surface area contributed by atoms with E-state index < -0.39 is 18.4 Å². The van der Waals surface area contributed by atoms with Gasteiger partial charge in [-0.15, -0.1) is 0 Å². The molecule has 232 valence electrons. The third kappa shape index (κ3) is 6.99. The summed E-state index contributed by atoms with van der Waals surface area (Å²) in [7, 11) is 0. The van der Waals surface area contributed by atoms with Gasteiger partial charge in [-0.2, -0.15) is 0 Å². The van der Waals surface area contributed by atoms with Crippen LogP contribution in [-0.4, -0.2) is 44.4 Å². The lowest BCUT2D eigenvalue weighted by molar-refractivity contribution is -0.0913. The minimum absolute atomic E-state index is 0.352. The number of rotatable bonds is 12. The monoisotopic (exact) mass is 604 g/mol. The van der Waals surface area contributed by atoms with Crippen LogP contribution in [0.2, 0.25) is 0 Å². The Morgan fingerprint density at radius 2 is 1.27 bits per heavy atom. The maximum Gasteiger partial charge on any atom is 0.166 e. The number of fused-ring (bicyclic) bond motifs is 1. The molecular formula is C37H40N4O4. The van der Waals surface area contributed by atoms with Crippen molar-refractivity contribution in [3.63, 3.8) is 0 Å². The molecule has 0 N–H and O–H groups in total. The zero-order chi connectivity index (χ0) is 30.3. The molecule has 0 amide bonds. The molecule has 2 aromatic heterocycles. The van der Waals surface area contributed by atoms with Crippen LogP contribution in [0.1, 0.15) is 66.6 Å². The quantitative estimate of drug-likeness (QED) is 0.150. The highest BCUT2D eigenvalue weighted by Gasteiger charge is 2.48. The minimum atomic E-state index is -0.515. The fraction of sp³-hybridized carbons (Fsp3) is 0.378. The van der Waals surface area contributed by atoms with Crippen LogP contribution in [0.5, 0.6) is 0 Å². The molecule has 2 fully saturated rings. The van der Waals surface area contributed by atoms with Gasteiger partial charge in [-0.1, -0.05) is 110 Å². The normalized spacial score (nSPS) is 22.2. The summed E-state index contributed by atoms with van der Waals surface area (Å²) in [5.74, 6) is 0.406. The van der Waals surface area contributed by atoms with E-state index in [4.69, 9.17) is 33.9 Å². The SMILES string of the molecule is c1ccc(COC[C@@H]2OC(n3cnc4c(C5CCCCC5)ncnc43)[C@@H](OCc3ccccc3)[C@H]2OCc2ccccc2)cc1. The van der Waals surface area contributed by atoms with Gasteiger partial charge >= 0.3 is 0 Å². The molecule has 0 radical (unpaired) electrons. The summed E-state index contributed by atoms with van der Waals surface area (Å²) in [6.07, 6.45) is 7.78. The Balaban J connectivity index is 1.20. The van der Waals surface area contributed by atoms with Gasteiger partial charge in [0.15, 0.2) is 11.9 Å². The van der Waals surface area contributed by atoms with Crippen molar-refractivity contribution in [1.29, 1.82) is 0 Å². The van der Waals surface area contributed by atoms with Gasteiger partial charge in [-0.3, -0.25) is 4.57 Å². The van der Waals surface area contributed by atoms with Gasteiger partial charge < -0.3 is 18.9 Å². The van der Waals surface area contributed by atoms with Crippen LogP contribution >= 0.6 is 0 Å². The highest BCUT2D eigenvalue weighted by Crippen LogP contribution is 2.39. The number of nitrogens with zero attached hydrogens (tertiary/aromatic N) is 4. The van der Waals surface area contributed by atoms with Crippen molar-refractivity contribution in [2.24, 2.45) is 0 Å². The van der Waals surface area contributed by atoms with E-state index in [1.165, 1.54) is 19.3 Å². The number of benzene rings is 3. The van der Waals surface area contributed by atoms with Crippen molar-refractivity contribution >= 4 is 11.2 Å². The molecule has 8 heteroatoms. The topological polar surface area (TPSA) is 80.5 Å². The number of imidazole rings is 1. The van der Waals surface area contributed by atoms with Crippen molar-refractivity contribution < 1.29 is 18.9 Å². The van der Waals surface area contributed by atoms with Crippen LogP contribution < -0.4 is 0 Å².